The molecule has 1 saturated heterocycles. The maximum atomic E-state index is 10.8. The Morgan fingerprint density at radius 1 is 1.16 bits per heavy atom. The number of rotatable bonds is 10. The normalized spacial score (nSPS) is 23.6. The third-order valence-electron chi connectivity index (χ3n) is 5.14. The molecule has 4 heteroatoms. The third kappa shape index (κ3) is 6.19. The molecule has 1 aromatic carbocycles. The maximum absolute atomic E-state index is 10.8. The van der Waals surface area contributed by atoms with E-state index in [9.17, 15) is 10.2 Å². The van der Waals surface area contributed by atoms with Gasteiger partial charge in [0.05, 0.1) is 13.2 Å². The second-order valence-corrected chi connectivity index (χ2v) is 7.25. The Bertz CT molecular complexity index is 517. The van der Waals surface area contributed by atoms with Gasteiger partial charge >= 0.3 is 0 Å². The SMILES string of the molecule is CCCCCCCCCC1(O)CCCC(c2ccc(O)c(OC)c2)O1. The minimum absolute atomic E-state index is 0.125. The van der Waals surface area contributed by atoms with E-state index in [0.29, 0.717) is 18.6 Å². The molecule has 1 aliphatic heterocycles. The molecule has 25 heavy (non-hydrogen) atoms. The molecule has 2 unspecified atom stereocenters. The van der Waals surface area contributed by atoms with Crippen LogP contribution in [0.3, 0.4) is 0 Å². The van der Waals surface area contributed by atoms with Crippen molar-refractivity contribution in [2.24, 2.45) is 0 Å². The summed E-state index contributed by atoms with van der Waals surface area (Å²) < 4.78 is 11.2. The molecule has 4 nitrogen and oxygen atoms in total. The monoisotopic (exact) mass is 350 g/mol. The van der Waals surface area contributed by atoms with Gasteiger partial charge in [0, 0.05) is 12.8 Å². The molecule has 0 radical (unpaired) electrons. The fourth-order valence-corrected chi connectivity index (χ4v) is 3.62. The van der Waals surface area contributed by atoms with Gasteiger partial charge < -0.3 is 19.7 Å². The number of hydrogen-bond acceptors (Lipinski definition) is 4. The fourth-order valence-electron chi connectivity index (χ4n) is 3.62. The Labute approximate surface area is 152 Å². The summed E-state index contributed by atoms with van der Waals surface area (Å²) in [6.45, 7) is 2.23. The van der Waals surface area contributed by atoms with Gasteiger partial charge in [0.2, 0.25) is 0 Å². The molecule has 1 heterocycles. The minimum Gasteiger partial charge on any atom is -0.504 e. The number of aliphatic hydroxyl groups is 1. The van der Waals surface area contributed by atoms with Crippen molar-refractivity contribution in [3.63, 3.8) is 0 Å². The van der Waals surface area contributed by atoms with Gasteiger partial charge in [-0.2, -0.15) is 0 Å². The number of aromatic hydroxyl groups is 1. The number of methoxy groups -OCH3 is 1. The molecule has 1 aromatic rings. The Kier molecular flexibility index (Phi) is 8.04. The van der Waals surface area contributed by atoms with Gasteiger partial charge in [-0.3, -0.25) is 0 Å². The number of hydrogen-bond donors (Lipinski definition) is 2. The van der Waals surface area contributed by atoms with E-state index in [1.807, 2.05) is 6.07 Å². The lowest BCUT2D eigenvalue weighted by atomic mass is 9.93. The van der Waals surface area contributed by atoms with Crippen LogP contribution >= 0.6 is 0 Å². The highest BCUT2D eigenvalue weighted by molar-refractivity contribution is 5.42. The number of ether oxygens (including phenoxy) is 2. The quantitative estimate of drug-likeness (QED) is 0.549. The summed E-state index contributed by atoms with van der Waals surface area (Å²) in [6.07, 6.45) is 11.7. The van der Waals surface area contributed by atoms with Crippen molar-refractivity contribution < 1.29 is 19.7 Å². The zero-order valence-electron chi connectivity index (χ0n) is 15.8. The maximum Gasteiger partial charge on any atom is 0.166 e. The smallest absolute Gasteiger partial charge is 0.166 e. The van der Waals surface area contributed by atoms with Crippen LogP contribution in [0.1, 0.15) is 89.2 Å². The topological polar surface area (TPSA) is 58.9 Å². The first-order valence-electron chi connectivity index (χ1n) is 9.85. The molecule has 0 aliphatic carbocycles. The average molecular weight is 350 g/mol. The Morgan fingerprint density at radius 3 is 2.60 bits per heavy atom. The van der Waals surface area contributed by atoms with Crippen LogP contribution in [0.2, 0.25) is 0 Å². The zero-order valence-corrected chi connectivity index (χ0v) is 15.8. The zero-order chi connectivity index (χ0) is 18.1. The van der Waals surface area contributed by atoms with Gasteiger partial charge in [-0.25, -0.2) is 0 Å². The molecule has 2 rings (SSSR count). The highest BCUT2D eigenvalue weighted by Gasteiger charge is 2.35. The van der Waals surface area contributed by atoms with E-state index in [-0.39, 0.29) is 11.9 Å². The van der Waals surface area contributed by atoms with E-state index in [0.717, 1.165) is 31.2 Å². The summed E-state index contributed by atoms with van der Waals surface area (Å²) in [5, 5.41) is 20.6. The van der Waals surface area contributed by atoms with E-state index in [1.54, 1.807) is 12.1 Å². The van der Waals surface area contributed by atoms with Gasteiger partial charge in [0.25, 0.3) is 0 Å². The van der Waals surface area contributed by atoms with Crippen molar-refractivity contribution in [2.75, 3.05) is 7.11 Å². The lowest BCUT2D eigenvalue weighted by molar-refractivity contribution is -0.259. The summed E-state index contributed by atoms with van der Waals surface area (Å²) in [6, 6.07) is 5.28. The Morgan fingerprint density at radius 2 is 1.88 bits per heavy atom. The summed E-state index contributed by atoms with van der Waals surface area (Å²) >= 11 is 0. The minimum atomic E-state index is -1.02. The van der Waals surface area contributed by atoms with E-state index in [4.69, 9.17) is 9.47 Å². The van der Waals surface area contributed by atoms with Crippen LogP contribution in [0, 0.1) is 0 Å². The Hall–Kier alpha value is -1.26. The largest absolute Gasteiger partial charge is 0.504 e. The summed E-state index contributed by atoms with van der Waals surface area (Å²) in [5.74, 6) is -0.444. The number of phenolic OH excluding ortho intramolecular Hbond substituents is 1. The van der Waals surface area contributed by atoms with Gasteiger partial charge in [-0.05, 0) is 37.0 Å². The molecule has 0 amide bonds. The lowest BCUT2D eigenvalue weighted by Crippen LogP contribution is -2.37. The standard InChI is InChI=1S/C21H34O4/c1-3-4-5-6-7-8-9-14-21(23)15-10-11-19(25-21)17-12-13-18(22)20(16-17)24-2/h12-13,16,19,22-23H,3-11,14-15H2,1-2H3. The Balaban J connectivity index is 1.82. The number of phenols is 1. The van der Waals surface area contributed by atoms with Crippen molar-refractivity contribution in [1.29, 1.82) is 0 Å². The first-order valence-corrected chi connectivity index (χ1v) is 9.85. The van der Waals surface area contributed by atoms with Crippen LogP contribution in [0.5, 0.6) is 11.5 Å². The summed E-state index contributed by atoms with van der Waals surface area (Å²) in [4.78, 5) is 0. The van der Waals surface area contributed by atoms with Crippen LogP contribution < -0.4 is 4.74 Å². The van der Waals surface area contributed by atoms with Gasteiger partial charge in [-0.15, -0.1) is 0 Å². The third-order valence-corrected chi connectivity index (χ3v) is 5.14. The molecule has 1 fully saturated rings. The van der Waals surface area contributed by atoms with Crippen molar-refractivity contribution >= 4 is 0 Å². The molecule has 0 aromatic heterocycles. The second kappa shape index (κ2) is 10.0. The lowest BCUT2D eigenvalue weighted by Gasteiger charge is -2.37. The van der Waals surface area contributed by atoms with Crippen molar-refractivity contribution in [2.45, 2.75) is 89.4 Å². The first kappa shape index (κ1) is 20.1. The van der Waals surface area contributed by atoms with Gasteiger partial charge in [-0.1, -0.05) is 51.5 Å². The van der Waals surface area contributed by atoms with Crippen LogP contribution in [-0.4, -0.2) is 23.1 Å². The highest BCUT2D eigenvalue weighted by atomic mass is 16.6. The van der Waals surface area contributed by atoms with Crippen LogP contribution in [-0.2, 0) is 4.74 Å². The first-order chi connectivity index (χ1) is 12.1. The molecule has 0 bridgehead atoms. The van der Waals surface area contributed by atoms with Crippen molar-refractivity contribution in [1.82, 2.24) is 0 Å². The number of unbranched alkanes of at least 4 members (excludes halogenated alkanes) is 6. The number of benzene rings is 1. The predicted molar refractivity (Wildman–Crippen MR) is 99.9 cm³/mol. The molecule has 1 aliphatic rings. The molecular formula is C21H34O4. The second-order valence-electron chi connectivity index (χ2n) is 7.25. The van der Waals surface area contributed by atoms with Crippen LogP contribution in [0.4, 0.5) is 0 Å². The van der Waals surface area contributed by atoms with Crippen LogP contribution in [0.15, 0.2) is 18.2 Å². The molecule has 2 N–H and O–H groups in total. The fraction of sp³-hybridized carbons (Fsp3) is 0.714. The van der Waals surface area contributed by atoms with Crippen molar-refractivity contribution in [3.05, 3.63) is 23.8 Å². The highest BCUT2D eigenvalue weighted by Crippen LogP contribution is 2.40. The molecule has 2 atom stereocenters. The average Bonchev–Trinajstić information content (AvgIpc) is 2.61. The van der Waals surface area contributed by atoms with Crippen LogP contribution in [0.25, 0.3) is 0 Å². The van der Waals surface area contributed by atoms with E-state index < -0.39 is 5.79 Å². The van der Waals surface area contributed by atoms with E-state index in [2.05, 4.69) is 6.92 Å². The van der Waals surface area contributed by atoms with E-state index >= 15 is 0 Å². The molecule has 0 spiro atoms. The van der Waals surface area contributed by atoms with Crippen molar-refractivity contribution in [3.8, 4) is 11.5 Å². The summed E-state index contributed by atoms with van der Waals surface area (Å²) in [5.41, 5.74) is 0.951. The molecule has 142 valence electrons. The van der Waals surface area contributed by atoms with Gasteiger partial charge in [0.1, 0.15) is 0 Å². The molecule has 0 saturated carbocycles. The predicted octanol–water partition coefficient (Wildman–Crippen LogP) is 5.47. The van der Waals surface area contributed by atoms with E-state index in [1.165, 1.54) is 39.2 Å². The molecular weight excluding hydrogens is 316 g/mol. The van der Waals surface area contributed by atoms with Gasteiger partial charge in [0.15, 0.2) is 17.3 Å². The summed E-state index contributed by atoms with van der Waals surface area (Å²) in [7, 11) is 1.54.